The molecule has 0 bridgehead atoms. The van der Waals surface area contributed by atoms with E-state index in [1.165, 1.54) is 9.80 Å². The molecule has 3 heterocycles. The van der Waals surface area contributed by atoms with Crippen molar-refractivity contribution in [2.45, 2.75) is 70.1 Å². The zero-order chi connectivity index (χ0) is 20.7. The molecule has 3 saturated heterocycles. The van der Waals surface area contributed by atoms with Crippen LogP contribution in [0.4, 0.5) is 4.79 Å². The van der Waals surface area contributed by atoms with Crippen molar-refractivity contribution in [2.75, 3.05) is 26.2 Å². The molecule has 0 aromatic rings. The molecule has 0 aromatic carbocycles. The minimum absolute atomic E-state index is 0.129. The Kier molecular flexibility index (Phi) is 5.29. The minimum atomic E-state index is -0.908. The molecular formula is C19H30N4O5. The van der Waals surface area contributed by atoms with Crippen LogP contribution in [-0.4, -0.2) is 81.9 Å². The maximum absolute atomic E-state index is 13.4. The summed E-state index contributed by atoms with van der Waals surface area (Å²) in [5.41, 5.74) is 3.70. The van der Waals surface area contributed by atoms with Gasteiger partial charge in [-0.05, 0) is 52.9 Å². The Morgan fingerprint density at radius 3 is 2.50 bits per heavy atom. The minimum Gasteiger partial charge on any atom is -0.444 e. The van der Waals surface area contributed by atoms with Crippen molar-refractivity contribution in [1.29, 1.82) is 0 Å². The highest BCUT2D eigenvalue weighted by Crippen LogP contribution is 2.40. The van der Waals surface area contributed by atoms with E-state index in [4.69, 9.17) is 10.5 Å². The number of carbonyl (C=O) groups is 4. The SMILES string of the molecule is CC(C)(C)OC(=O)N1CCCC1C(=O)N1CCC[C@]12CCN(CC(N)=O)C2=O. The second kappa shape index (κ2) is 7.25. The molecular weight excluding hydrogens is 364 g/mol. The van der Waals surface area contributed by atoms with Crippen molar-refractivity contribution in [3.05, 3.63) is 0 Å². The second-order valence-electron chi connectivity index (χ2n) is 8.90. The van der Waals surface area contributed by atoms with E-state index in [1.807, 2.05) is 0 Å². The summed E-state index contributed by atoms with van der Waals surface area (Å²) in [6.45, 7) is 6.59. The van der Waals surface area contributed by atoms with E-state index < -0.39 is 29.2 Å². The standard InChI is InChI=1S/C19H30N4O5/c1-18(2,3)28-17(27)22-9-4-6-13(22)15(25)23-10-5-7-19(23)8-11-21(16(19)26)12-14(20)24/h13H,4-12H2,1-3H3,(H2,20,24)/t13?,19-/m1/s1. The Labute approximate surface area is 165 Å². The topological polar surface area (TPSA) is 113 Å². The molecule has 156 valence electrons. The third kappa shape index (κ3) is 3.66. The Bertz CT molecular complexity index is 688. The Morgan fingerprint density at radius 1 is 1.14 bits per heavy atom. The molecule has 3 fully saturated rings. The van der Waals surface area contributed by atoms with Crippen LogP contribution in [0, 0.1) is 0 Å². The Balaban J connectivity index is 1.77. The van der Waals surface area contributed by atoms with Gasteiger partial charge in [-0.1, -0.05) is 0 Å². The van der Waals surface area contributed by atoms with E-state index in [2.05, 4.69) is 0 Å². The number of hydrogen-bond donors (Lipinski definition) is 1. The third-order valence-corrected chi connectivity index (χ3v) is 5.75. The summed E-state index contributed by atoms with van der Waals surface area (Å²) >= 11 is 0. The van der Waals surface area contributed by atoms with Gasteiger partial charge in [-0.25, -0.2) is 4.79 Å². The van der Waals surface area contributed by atoms with Crippen molar-refractivity contribution >= 4 is 23.8 Å². The molecule has 3 aliphatic rings. The van der Waals surface area contributed by atoms with Crippen molar-refractivity contribution in [1.82, 2.24) is 14.7 Å². The van der Waals surface area contributed by atoms with E-state index in [0.29, 0.717) is 38.9 Å². The number of primary amides is 1. The van der Waals surface area contributed by atoms with E-state index in [9.17, 15) is 19.2 Å². The van der Waals surface area contributed by atoms with Gasteiger partial charge in [-0.15, -0.1) is 0 Å². The van der Waals surface area contributed by atoms with Crippen molar-refractivity contribution in [2.24, 2.45) is 5.73 Å². The first-order valence-electron chi connectivity index (χ1n) is 9.94. The molecule has 1 unspecified atom stereocenters. The molecule has 2 N–H and O–H groups in total. The molecule has 28 heavy (non-hydrogen) atoms. The summed E-state index contributed by atoms with van der Waals surface area (Å²) in [5, 5.41) is 0. The summed E-state index contributed by atoms with van der Waals surface area (Å²) in [6.07, 6.45) is 2.57. The summed E-state index contributed by atoms with van der Waals surface area (Å²) in [5.74, 6) is -0.970. The molecule has 0 saturated carbocycles. The second-order valence-corrected chi connectivity index (χ2v) is 8.90. The summed E-state index contributed by atoms with van der Waals surface area (Å²) in [4.78, 5) is 54.8. The van der Waals surface area contributed by atoms with Crippen molar-refractivity contribution < 1.29 is 23.9 Å². The first kappa shape index (κ1) is 20.4. The van der Waals surface area contributed by atoms with Crippen LogP contribution in [0.3, 0.4) is 0 Å². The lowest BCUT2D eigenvalue weighted by Crippen LogP contribution is -2.58. The van der Waals surface area contributed by atoms with Gasteiger partial charge < -0.3 is 20.3 Å². The molecule has 9 heteroatoms. The average Bonchev–Trinajstić information content (AvgIpc) is 3.28. The number of carbonyl (C=O) groups excluding carboxylic acids is 4. The van der Waals surface area contributed by atoms with Crippen LogP contribution < -0.4 is 5.73 Å². The van der Waals surface area contributed by atoms with Gasteiger partial charge in [-0.2, -0.15) is 0 Å². The Hall–Kier alpha value is -2.32. The quantitative estimate of drug-likeness (QED) is 0.747. The van der Waals surface area contributed by atoms with Gasteiger partial charge in [0.2, 0.25) is 17.7 Å². The van der Waals surface area contributed by atoms with Gasteiger partial charge in [-0.3, -0.25) is 19.3 Å². The van der Waals surface area contributed by atoms with Crippen LogP contribution in [0.25, 0.3) is 0 Å². The molecule has 0 aromatic heterocycles. The Morgan fingerprint density at radius 2 is 1.86 bits per heavy atom. The highest BCUT2D eigenvalue weighted by atomic mass is 16.6. The van der Waals surface area contributed by atoms with Crippen LogP contribution in [0.15, 0.2) is 0 Å². The van der Waals surface area contributed by atoms with Crippen molar-refractivity contribution in [3.63, 3.8) is 0 Å². The molecule has 0 aliphatic carbocycles. The predicted octanol–water partition coefficient (Wildman–Crippen LogP) is 0.465. The molecule has 3 rings (SSSR count). The largest absolute Gasteiger partial charge is 0.444 e. The number of nitrogens with zero attached hydrogens (tertiary/aromatic N) is 3. The van der Waals surface area contributed by atoms with Gasteiger partial charge in [0, 0.05) is 19.6 Å². The number of ether oxygens (including phenoxy) is 1. The van der Waals surface area contributed by atoms with Crippen molar-refractivity contribution in [3.8, 4) is 0 Å². The fourth-order valence-electron chi connectivity index (χ4n) is 4.59. The van der Waals surface area contributed by atoms with Gasteiger partial charge in [0.15, 0.2) is 0 Å². The molecule has 3 aliphatic heterocycles. The number of likely N-dealkylation sites (tertiary alicyclic amines) is 3. The lowest BCUT2D eigenvalue weighted by atomic mass is 9.93. The van der Waals surface area contributed by atoms with E-state index in [0.717, 1.165) is 12.8 Å². The lowest BCUT2D eigenvalue weighted by Gasteiger charge is -2.37. The fraction of sp³-hybridized carbons (Fsp3) is 0.789. The number of amides is 4. The van der Waals surface area contributed by atoms with E-state index in [-0.39, 0.29) is 18.4 Å². The van der Waals surface area contributed by atoms with Crippen LogP contribution in [0.1, 0.15) is 52.9 Å². The van der Waals surface area contributed by atoms with Gasteiger partial charge in [0.05, 0.1) is 6.54 Å². The summed E-state index contributed by atoms with van der Waals surface area (Å²) in [7, 11) is 0. The first-order chi connectivity index (χ1) is 13.0. The van der Waals surface area contributed by atoms with Gasteiger partial charge in [0.1, 0.15) is 17.2 Å². The number of nitrogens with two attached hydrogens (primary N) is 1. The molecule has 0 radical (unpaired) electrons. The molecule has 9 nitrogen and oxygen atoms in total. The normalized spacial score (nSPS) is 27.8. The third-order valence-electron chi connectivity index (χ3n) is 5.75. The number of rotatable bonds is 3. The van der Waals surface area contributed by atoms with Crippen LogP contribution >= 0.6 is 0 Å². The van der Waals surface area contributed by atoms with Crippen LogP contribution in [-0.2, 0) is 19.1 Å². The maximum atomic E-state index is 13.4. The zero-order valence-corrected chi connectivity index (χ0v) is 16.9. The monoisotopic (exact) mass is 394 g/mol. The summed E-state index contributed by atoms with van der Waals surface area (Å²) in [6, 6.07) is -0.609. The predicted molar refractivity (Wildman–Crippen MR) is 100 cm³/mol. The van der Waals surface area contributed by atoms with Gasteiger partial charge >= 0.3 is 6.09 Å². The van der Waals surface area contributed by atoms with Gasteiger partial charge in [0.25, 0.3) is 0 Å². The van der Waals surface area contributed by atoms with Crippen LogP contribution in [0.2, 0.25) is 0 Å². The fourth-order valence-corrected chi connectivity index (χ4v) is 4.59. The highest BCUT2D eigenvalue weighted by molar-refractivity contribution is 5.97. The van der Waals surface area contributed by atoms with E-state index >= 15 is 0 Å². The number of hydrogen-bond acceptors (Lipinski definition) is 5. The smallest absolute Gasteiger partial charge is 0.410 e. The lowest BCUT2D eigenvalue weighted by molar-refractivity contribution is -0.149. The first-order valence-corrected chi connectivity index (χ1v) is 9.94. The average molecular weight is 394 g/mol. The molecule has 1 spiro atoms. The maximum Gasteiger partial charge on any atom is 0.410 e. The molecule has 2 atom stereocenters. The van der Waals surface area contributed by atoms with E-state index in [1.54, 1.807) is 25.7 Å². The highest BCUT2D eigenvalue weighted by Gasteiger charge is 2.56. The van der Waals surface area contributed by atoms with Crippen LogP contribution in [0.5, 0.6) is 0 Å². The molecule has 4 amide bonds. The zero-order valence-electron chi connectivity index (χ0n) is 16.9. The summed E-state index contributed by atoms with van der Waals surface area (Å²) < 4.78 is 5.45.